The van der Waals surface area contributed by atoms with Crippen LogP contribution in [0.3, 0.4) is 0 Å². The molecule has 1 unspecified atom stereocenters. The molecule has 0 aromatic heterocycles. The summed E-state index contributed by atoms with van der Waals surface area (Å²) in [6, 6.07) is 6.46. The summed E-state index contributed by atoms with van der Waals surface area (Å²) in [5.74, 6) is 0. The zero-order valence-corrected chi connectivity index (χ0v) is 13.5. The molecule has 3 rings (SSSR count). The van der Waals surface area contributed by atoms with Crippen LogP contribution in [0.4, 0.5) is 5.69 Å². The largest absolute Gasteiger partial charge is 0.384 e. The van der Waals surface area contributed by atoms with Gasteiger partial charge in [-0.2, -0.15) is 0 Å². The van der Waals surface area contributed by atoms with Crippen LogP contribution in [0.15, 0.2) is 18.2 Å². The molecular weight excluding hydrogens is 284 g/mol. The highest BCUT2D eigenvalue weighted by molar-refractivity contribution is 7.91. The van der Waals surface area contributed by atoms with Crippen LogP contribution in [0.25, 0.3) is 0 Å². The minimum absolute atomic E-state index is 0.204. The third-order valence-corrected chi connectivity index (χ3v) is 6.24. The highest BCUT2D eigenvalue weighted by Gasteiger charge is 2.26. The van der Waals surface area contributed by atoms with E-state index in [1.165, 1.54) is 23.1 Å². The SMILES string of the molecule is CS(=O)(=O)C1CCCCN(Cc2cccc3c2NCC3)C1. The third-order valence-electron chi connectivity index (χ3n) is 4.64. The van der Waals surface area contributed by atoms with Crippen LogP contribution in [0, 0.1) is 0 Å². The molecule has 2 aliphatic rings. The molecule has 1 N–H and O–H groups in total. The van der Waals surface area contributed by atoms with Crippen molar-refractivity contribution in [3.8, 4) is 0 Å². The molecular formula is C16H24N2O2S. The second-order valence-electron chi connectivity index (χ2n) is 6.31. The predicted octanol–water partition coefficient (Wildman–Crippen LogP) is 2.05. The highest BCUT2D eigenvalue weighted by atomic mass is 32.2. The Labute approximate surface area is 127 Å². The topological polar surface area (TPSA) is 49.4 Å². The smallest absolute Gasteiger partial charge is 0.151 e. The van der Waals surface area contributed by atoms with Crippen molar-refractivity contribution in [2.75, 3.05) is 31.2 Å². The molecule has 1 fully saturated rings. The number of benzene rings is 1. The molecule has 0 bridgehead atoms. The number of hydrogen-bond donors (Lipinski definition) is 1. The van der Waals surface area contributed by atoms with Crippen LogP contribution in [-0.2, 0) is 22.8 Å². The maximum atomic E-state index is 11.9. The summed E-state index contributed by atoms with van der Waals surface area (Å²) >= 11 is 0. The van der Waals surface area contributed by atoms with Gasteiger partial charge in [-0.1, -0.05) is 24.6 Å². The van der Waals surface area contributed by atoms with Gasteiger partial charge in [0.1, 0.15) is 0 Å². The van der Waals surface area contributed by atoms with Gasteiger partial charge >= 0.3 is 0 Å². The number of hydrogen-bond acceptors (Lipinski definition) is 4. The summed E-state index contributed by atoms with van der Waals surface area (Å²) in [4.78, 5) is 2.31. The summed E-state index contributed by atoms with van der Waals surface area (Å²) in [6.45, 7) is 3.53. The first-order valence-electron chi connectivity index (χ1n) is 7.80. The van der Waals surface area contributed by atoms with Gasteiger partial charge in [-0.3, -0.25) is 4.90 Å². The zero-order valence-electron chi connectivity index (χ0n) is 12.6. The van der Waals surface area contributed by atoms with E-state index in [0.29, 0.717) is 6.54 Å². The first-order chi connectivity index (χ1) is 10.0. The van der Waals surface area contributed by atoms with Gasteiger partial charge in [-0.15, -0.1) is 0 Å². The number of nitrogens with one attached hydrogen (secondary N) is 1. The molecule has 1 aromatic rings. The van der Waals surface area contributed by atoms with Gasteiger partial charge in [-0.05, 0) is 36.9 Å². The second-order valence-corrected chi connectivity index (χ2v) is 8.64. The molecule has 0 saturated carbocycles. The molecule has 0 amide bonds. The first kappa shape index (κ1) is 14.9. The Hall–Kier alpha value is -1.07. The van der Waals surface area contributed by atoms with Crippen molar-refractivity contribution in [2.24, 2.45) is 0 Å². The van der Waals surface area contributed by atoms with Crippen LogP contribution >= 0.6 is 0 Å². The van der Waals surface area contributed by atoms with Crippen molar-refractivity contribution in [1.82, 2.24) is 4.90 Å². The summed E-state index contributed by atoms with van der Waals surface area (Å²) < 4.78 is 23.8. The lowest BCUT2D eigenvalue weighted by Gasteiger charge is -2.24. The van der Waals surface area contributed by atoms with Gasteiger partial charge in [0, 0.05) is 31.6 Å². The number of rotatable bonds is 3. The number of anilines is 1. The fraction of sp³-hybridized carbons (Fsp3) is 0.625. The number of nitrogens with zero attached hydrogens (tertiary/aromatic N) is 1. The van der Waals surface area contributed by atoms with Crippen molar-refractivity contribution < 1.29 is 8.42 Å². The van der Waals surface area contributed by atoms with E-state index >= 15 is 0 Å². The lowest BCUT2D eigenvalue weighted by atomic mass is 10.1. The fourth-order valence-corrected chi connectivity index (χ4v) is 4.53. The number of sulfone groups is 1. The molecule has 5 heteroatoms. The van der Waals surface area contributed by atoms with Crippen LogP contribution in [-0.4, -0.2) is 44.5 Å². The maximum absolute atomic E-state index is 11.9. The lowest BCUT2D eigenvalue weighted by Crippen LogP contribution is -2.34. The van der Waals surface area contributed by atoms with E-state index in [0.717, 1.165) is 45.3 Å². The third kappa shape index (κ3) is 3.40. The van der Waals surface area contributed by atoms with E-state index in [9.17, 15) is 8.42 Å². The number of fused-ring (bicyclic) bond motifs is 1. The van der Waals surface area contributed by atoms with E-state index < -0.39 is 9.84 Å². The fourth-order valence-electron chi connectivity index (χ4n) is 3.45. The van der Waals surface area contributed by atoms with E-state index in [-0.39, 0.29) is 5.25 Å². The summed E-state index contributed by atoms with van der Waals surface area (Å²) in [5.41, 5.74) is 3.97. The molecule has 116 valence electrons. The summed E-state index contributed by atoms with van der Waals surface area (Å²) in [6.07, 6.45) is 5.38. The molecule has 1 saturated heterocycles. The summed E-state index contributed by atoms with van der Waals surface area (Å²) in [5, 5.41) is 3.27. The Morgan fingerprint density at radius 1 is 1.33 bits per heavy atom. The average molecular weight is 308 g/mol. The Kier molecular flexibility index (Phi) is 4.22. The average Bonchev–Trinajstić information content (AvgIpc) is 2.77. The van der Waals surface area contributed by atoms with Crippen molar-refractivity contribution in [1.29, 1.82) is 0 Å². The number of likely N-dealkylation sites (tertiary alicyclic amines) is 1. The van der Waals surface area contributed by atoms with Gasteiger partial charge in [0.25, 0.3) is 0 Å². The molecule has 2 heterocycles. The summed E-state index contributed by atoms with van der Waals surface area (Å²) in [7, 11) is -2.94. The van der Waals surface area contributed by atoms with Gasteiger partial charge in [0.15, 0.2) is 9.84 Å². The van der Waals surface area contributed by atoms with Crippen molar-refractivity contribution in [3.63, 3.8) is 0 Å². The molecule has 2 aliphatic heterocycles. The Morgan fingerprint density at radius 2 is 2.19 bits per heavy atom. The minimum atomic E-state index is -2.94. The Balaban J connectivity index is 1.76. The van der Waals surface area contributed by atoms with Crippen molar-refractivity contribution >= 4 is 15.5 Å². The maximum Gasteiger partial charge on any atom is 0.151 e. The molecule has 1 atom stereocenters. The van der Waals surface area contributed by atoms with Gasteiger partial charge in [-0.25, -0.2) is 8.42 Å². The van der Waals surface area contributed by atoms with Crippen LogP contribution < -0.4 is 5.32 Å². The van der Waals surface area contributed by atoms with E-state index in [1.54, 1.807) is 0 Å². The number of para-hydroxylation sites is 1. The normalized spacial score (nSPS) is 23.4. The lowest BCUT2D eigenvalue weighted by molar-refractivity contribution is 0.278. The standard InChI is InChI=1S/C16H24N2O2S/c1-21(19,20)15-7-2-3-10-18(12-15)11-14-6-4-5-13-8-9-17-16(13)14/h4-6,15,17H,2-3,7-12H2,1H3. The predicted molar refractivity (Wildman–Crippen MR) is 86.4 cm³/mol. The Bertz CT molecular complexity index is 613. The van der Waals surface area contributed by atoms with Crippen LogP contribution in [0.5, 0.6) is 0 Å². The van der Waals surface area contributed by atoms with E-state index in [4.69, 9.17) is 0 Å². The monoisotopic (exact) mass is 308 g/mol. The molecule has 4 nitrogen and oxygen atoms in total. The van der Waals surface area contributed by atoms with Crippen LogP contribution in [0.2, 0.25) is 0 Å². The first-order valence-corrected chi connectivity index (χ1v) is 9.75. The molecule has 0 aliphatic carbocycles. The second kappa shape index (κ2) is 5.97. The molecule has 1 aromatic carbocycles. The van der Waals surface area contributed by atoms with Crippen LogP contribution in [0.1, 0.15) is 30.4 Å². The van der Waals surface area contributed by atoms with Gasteiger partial charge < -0.3 is 5.32 Å². The van der Waals surface area contributed by atoms with E-state index in [2.05, 4.69) is 28.4 Å². The van der Waals surface area contributed by atoms with Crippen molar-refractivity contribution in [3.05, 3.63) is 29.3 Å². The van der Waals surface area contributed by atoms with Gasteiger partial charge in [0.2, 0.25) is 0 Å². The molecule has 0 spiro atoms. The quantitative estimate of drug-likeness (QED) is 0.928. The van der Waals surface area contributed by atoms with E-state index in [1.807, 2.05) is 0 Å². The molecule has 0 radical (unpaired) electrons. The minimum Gasteiger partial charge on any atom is -0.384 e. The molecule has 21 heavy (non-hydrogen) atoms. The van der Waals surface area contributed by atoms with Crippen molar-refractivity contribution in [2.45, 2.75) is 37.5 Å². The Morgan fingerprint density at radius 3 is 3.00 bits per heavy atom. The highest BCUT2D eigenvalue weighted by Crippen LogP contribution is 2.28. The zero-order chi connectivity index (χ0) is 14.9. The van der Waals surface area contributed by atoms with Gasteiger partial charge in [0.05, 0.1) is 5.25 Å².